The number of aromatic nitrogens is 3. The van der Waals surface area contributed by atoms with Crippen molar-refractivity contribution in [3.8, 4) is 0 Å². The molecule has 0 saturated heterocycles. The zero-order valence-corrected chi connectivity index (χ0v) is 18.9. The van der Waals surface area contributed by atoms with Crippen molar-refractivity contribution in [1.29, 1.82) is 0 Å². The summed E-state index contributed by atoms with van der Waals surface area (Å²) >= 11 is 3.48. The van der Waals surface area contributed by atoms with Crippen LogP contribution in [0.3, 0.4) is 0 Å². The van der Waals surface area contributed by atoms with Crippen LogP contribution in [0.25, 0.3) is 16.7 Å². The highest BCUT2D eigenvalue weighted by Crippen LogP contribution is 2.26. The van der Waals surface area contributed by atoms with E-state index in [1.54, 1.807) is 42.6 Å². The van der Waals surface area contributed by atoms with Gasteiger partial charge in [-0.25, -0.2) is 4.98 Å². The number of halogens is 1. The predicted molar refractivity (Wildman–Crippen MR) is 132 cm³/mol. The molecule has 8 heteroatoms. The van der Waals surface area contributed by atoms with E-state index in [-0.39, 0.29) is 17.2 Å². The van der Waals surface area contributed by atoms with Gasteiger partial charge < -0.3 is 10.6 Å². The van der Waals surface area contributed by atoms with Gasteiger partial charge in [-0.1, -0.05) is 54.6 Å². The van der Waals surface area contributed by atoms with Crippen molar-refractivity contribution in [2.45, 2.75) is 6.54 Å². The van der Waals surface area contributed by atoms with Gasteiger partial charge in [-0.2, -0.15) is 4.98 Å². The fourth-order valence-electron chi connectivity index (χ4n) is 3.54. The molecule has 2 N–H and O–H groups in total. The van der Waals surface area contributed by atoms with Gasteiger partial charge in [0.2, 0.25) is 5.78 Å². The average molecular weight is 500 g/mol. The van der Waals surface area contributed by atoms with Gasteiger partial charge in [0.25, 0.3) is 11.5 Å². The minimum absolute atomic E-state index is 0.198. The van der Waals surface area contributed by atoms with Crippen LogP contribution >= 0.6 is 15.9 Å². The van der Waals surface area contributed by atoms with Gasteiger partial charge in [0, 0.05) is 12.7 Å². The van der Waals surface area contributed by atoms with Gasteiger partial charge in [-0.15, -0.1) is 0 Å². The number of hydrogen-bond acceptors (Lipinski definition) is 5. The van der Waals surface area contributed by atoms with E-state index in [0.717, 1.165) is 5.56 Å². The average Bonchev–Trinajstić information content (AvgIpc) is 2.85. The summed E-state index contributed by atoms with van der Waals surface area (Å²) in [6, 6.07) is 24.0. The zero-order chi connectivity index (χ0) is 22.8. The van der Waals surface area contributed by atoms with Crippen molar-refractivity contribution < 1.29 is 4.79 Å². The number of hydrogen-bond donors (Lipinski definition) is 2. The van der Waals surface area contributed by atoms with E-state index in [4.69, 9.17) is 0 Å². The lowest BCUT2D eigenvalue weighted by molar-refractivity contribution is 0.0951. The summed E-state index contributed by atoms with van der Waals surface area (Å²) in [5.41, 5.74) is 2.45. The van der Waals surface area contributed by atoms with Gasteiger partial charge in [0.05, 0.1) is 26.6 Å². The van der Waals surface area contributed by atoms with Gasteiger partial charge in [-0.05, 0) is 45.8 Å². The zero-order valence-electron chi connectivity index (χ0n) is 17.3. The molecule has 0 unspecified atom stereocenters. The molecule has 0 spiro atoms. The normalized spacial score (nSPS) is 10.9. The molecule has 0 saturated carbocycles. The monoisotopic (exact) mass is 499 g/mol. The number of nitrogens with zero attached hydrogens (tertiary/aromatic N) is 3. The second-order valence-corrected chi connectivity index (χ2v) is 8.23. The van der Waals surface area contributed by atoms with Crippen molar-refractivity contribution >= 4 is 50.0 Å². The van der Waals surface area contributed by atoms with Crippen LogP contribution in [-0.4, -0.2) is 20.3 Å². The number of nitrogens with one attached hydrogen (secondary N) is 2. The standard InChI is InChI=1S/C25H18BrN5O2/c26-19-15-31-24(33)18-11-5-7-13-21(18)29-25(31)30-22(19)28-20-12-6-4-10-17(20)23(32)27-14-16-8-2-1-3-9-16/h1-13,15H,14H2,(H,27,32)(H,28,29,30). The largest absolute Gasteiger partial charge is 0.348 e. The smallest absolute Gasteiger partial charge is 0.266 e. The van der Waals surface area contributed by atoms with Gasteiger partial charge >= 0.3 is 0 Å². The third-order valence-corrected chi connectivity index (χ3v) is 5.77. The summed E-state index contributed by atoms with van der Waals surface area (Å²) in [5.74, 6) is 0.495. The fraction of sp³-hybridized carbons (Fsp3) is 0.0400. The van der Waals surface area contributed by atoms with Crippen LogP contribution in [0.1, 0.15) is 15.9 Å². The van der Waals surface area contributed by atoms with Crippen molar-refractivity contribution in [3.05, 3.63) is 111 Å². The fourth-order valence-corrected chi connectivity index (χ4v) is 3.93. The van der Waals surface area contributed by atoms with Crippen molar-refractivity contribution in [2.75, 3.05) is 5.32 Å². The maximum Gasteiger partial charge on any atom is 0.266 e. The number of fused-ring (bicyclic) bond motifs is 2. The molecule has 0 radical (unpaired) electrons. The van der Waals surface area contributed by atoms with Crippen molar-refractivity contribution in [2.24, 2.45) is 0 Å². The van der Waals surface area contributed by atoms with E-state index in [1.807, 2.05) is 42.5 Å². The second kappa shape index (κ2) is 8.84. The highest BCUT2D eigenvalue weighted by Gasteiger charge is 2.15. The van der Waals surface area contributed by atoms with Gasteiger partial charge in [0.15, 0.2) is 0 Å². The minimum atomic E-state index is -0.209. The van der Waals surface area contributed by atoms with Crippen LogP contribution in [0.4, 0.5) is 11.5 Å². The van der Waals surface area contributed by atoms with Gasteiger partial charge in [-0.3, -0.25) is 14.0 Å². The Morgan fingerprint density at radius 1 is 0.909 bits per heavy atom. The molecule has 5 aromatic rings. The topological polar surface area (TPSA) is 88.4 Å². The molecule has 5 rings (SSSR count). The lowest BCUT2D eigenvalue weighted by Crippen LogP contribution is -2.23. The Morgan fingerprint density at radius 2 is 1.64 bits per heavy atom. The molecular formula is C25H18BrN5O2. The molecule has 0 aliphatic heterocycles. The first-order chi connectivity index (χ1) is 16.1. The Hall–Kier alpha value is -4.04. The number of rotatable bonds is 5. The lowest BCUT2D eigenvalue weighted by atomic mass is 10.1. The first-order valence-corrected chi connectivity index (χ1v) is 11.1. The highest BCUT2D eigenvalue weighted by atomic mass is 79.9. The third kappa shape index (κ3) is 4.20. The molecule has 162 valence electrons. The maximum atomic E-state index is 12.9. The molecule has 0 bridgehead atoms. The molecule has 7 nitrogen and oxygen atoms in total. The predicted octanol–water partition coefficient (Wildman–Crippen LogP) is 4.68. The van der Waals surface area contributed by atoms with Crippen molar-refractivity contribution in [3.63, 3.8) is 0 Å². The Bertz CT molecular complexity index is 1550. The molecule has 2 heterocycles. The first-order valence-electron chi connectivity index (χ1n) is 10.3. The van der Waals surface area contributed by atoms with E-state index in [9.17, 15) is 9.59 Å². The molecule has 1 amide bonds. The quantitative estimate of drug-likeness (QED) is 0.342. The number of benzene rings is 3. The molecule has 0 aliphatic carbocycles. The number of para-hydroxylation sites is 2. The lowest BCUT2D eigenvalue weighted by Gasteiger charge is -2.14. The van der Waals surface area contributed by atoms with E-state index in [1.165, 1.54) is 4.40 Å². The molecule has 33 heavy (non-hydrogen) atoms. The molecular weight excluding hydrogens is 482 g/mol. The molecule has 3 aromatic carbocycles. The summed E-state index contributed by atoms with van der Waals surface area (Å²) in [7, 11) is 0. The third-order valence-electron chi connectivity index (χ3n) is 5.19. The summed E-state index contributed by atoms with van der Waals surface area (Å²) in [4.78, 5) is 34.8. The van der Waals surface area contributed by atoms with Gasteiger partial charge in [0.1, 0.15) is 5.82 Å². The Morgan fingerprint density at radius 3 is 2.48 bits per heavy atom. The highest BCUT2D eigenvalue weighted by molar-refractivity contribution is 9.10. The second-order valence-electron chi connectivity index (χ2n) is 7.38. The number of anilines is 2. The SMILES string of the molecule is O=C(NCc1ccccc1)c1ccccc1Nc1nc2nc3ccccc3c(=O)n2cc1Br. The summed E-state index contributed by atoms with van der Waals surface area (Å²) in [6.45, 7) is 0.422. The number of carbonyl (C=O) groups is 1. The van der Waals surface area contributed by atoms with E-state index >= 15 is 0 Å². The van der Waals surface area contributed by atoms with E-state index in [0.29, 0.717) is 39.0 Å². The summed E-state index contributed by atoms with van der Waals surface area (Å²) < 4.78 is 1.96. The summed E-state index contributed by atoms with van der Waals surface area (Å²) in [6.07, 6.45) is 1.63. The van der Waals surface area contributed by atoms with Crippen LogP contribution in [0, 0.1) is 0 Å². The van der Waals surface area contributed by atoms with Crippen LogP contribution in [-0.2, 0) is 6.54 Å². The number of amides is 1. The van der Waals surface area contributed by atoms with Crippen molar-refractivity contribution in [1.82, 2.24) is 19.7 Å². The van der Waals surface area contributed by atoms with E-state index < -0.39 is 0 Å². The first kappa shape index (κ1) is 20.8. The van der Waals surface area contributed by atoms with Crippen LogP contribution in [0.2, 0.25) is 0 Å². The molecule has 0 aliphatic rings. The van der Waals surface area contributed by atoms with Crippen LogP contribution in [0.15, 0.2) is 94.3 Å². The molecule has 0 fully saturated rings. The Balaban J connectivity index is 1.47. The molecule has 0 atom stereocenters. The van der Waals surface area contributed by atoms with Crippen LogP contribution in [0.5, 0.6) is 0 Å². The Labute approximate surface area is 197 Å². The summed E-state index contributed by atoms with van der Waals surface area (Å²) in [5, 5.41) is 6.67. The molecule has 2 aromatic heterocycles. The number of carbonyl (C=O) groups excluding carboxylic acids is 1. The van der Waals surface area contributed by atoms with E-state index in [2.05, 4.69) is 36.5 Å². The van der Waals surface area contributed by atoms with Crippen LogP contribution < -0.4 is 16.2 Å². The minimum Gasteiger partial charge on any atom is -0.348 e. The maximum absolute atomic E-state index is 12.9. The Kier molecular flexibility index (Phi) is 5.58.